The number of amides is 1. The van der Waals surface area contributed by atoms with Crippen molar-refractivity contribution in [1.82, 2.24) is 0 Å². The maximum Gasteiger partial charge on any atom is 0.221 e. The molecular weight excluding hydrogens is 538 g/mol. The van der Waals surface area contributed by atoms with Crippen LogP contribution in [0.1, 0.15) is 6.92 Å². The van der Waals surface area contributed by atoms with Crippen LogP contribution in [0.4, 0.5) is 5.69 Å². The lowest BCUT2D eigenvalue weighted by Gasteiger charge is -2.09. The summed E-state index contributed by atoms with van der Waals surface area (Å²) in [4.78, 5) is 11.0. The summed E-state index contributed by atoms with van der Waals surface area (Å²) in [6.45, 7) is 10.6. The van der Waals surface area contributed by atoms with Crippen LogP contribution in [-0.2, 0) is 47.4 Å². The normalized spacial score (nSPS) is 10.9. The molecule has 0 bridgehead atoms. The fraction of sp³-hybridized carbons (Fsp3) is 0.690. The Bertz CT molecular complexity index is 758. The second kappa shape index (κ2) is 29.2. The third-order valence-corrected chi connectivity index (χ3v) is 4.83. The van der Waals surface area contributed by atoms with Crippen molar-refractivity contribution in [2.24, 2.45) is 0 Å². The highest BCUT2D eigenvalue weighted by molar-refractivity contribution is 5.88. The molecule has 0 fully saturated rings. The van der Waals surface area contributed by atoms with Crippen molar-refractivity contribution in [3.8, 4) is 18.1 Å². The van der Waals surface area contributed by atoms with Gasteiger partial charge in [0.1, 0.15) is 19.0 Å². The molecule has 1 amide bonds. The average Bonchev–Trinajstić information content (AvgIpc) is 2.97. The van der Waals surface area contributed by atoms with Crippen molar-refractivity contribution in [1.29, 1.82) is 0 Å². The molecule has 0 aliphatic heterocycles. The van der Waals surface area contributed by atoms with Crippen LogP contribution in [0.2, 0.25) is 0 Å². The Morgan fingerprint density at radius 2 is 0.878 bits per heavy atom. The molecule has 0 atom stereocenters. The third kappa shape index (κ3) is 26.3. The molecule has 0 heterocycles. The summed E-state index contributed by atoms with van der Waals surface area (Å²) in [6.07, 6.45) is 5.07. The van der Waals surface area contributed by atoms with Gasteiger partial charge in [-0.15, -0.1) is 6.42 Å². The van der Waals surface area contributed by atoms with Gasteiger partial charge < -0.3 is 52.7 Å². The first kappa shape index (κ1) is 36.7. The Balaban J connectivity index is 1.69. The van der Waals surface area contributed by atoms with Crippen LogP contribution >= 0.6 is 0 Å². The fourth-order valence-corrected chi connectivity index (χ4v) is 2.95. The van der Waals surface area contributed by atoms with Crippen molar-refractivity contribution in [3.05, 3.63) is 24.3 Å². The quantitative estimate of drug-likeness (QED) is 0.105. The molecule has 234 valence electrons. The van der Waals surface area contributed by atoms with Gasteiger partial charge >= 0.3 is 0 Å². The summed E-state index contributed by atoms with van der Waals surface area (Å²) in [5.41, 5.74) is 0.732. The molecule has 12 heteroatoms. The van der Waals surface area contributed by atoms with Crippen molar-refractivity contribution >= 4 is 11.6 Å². The summed E-state index contributed by atoms with van der Waals surface area (Å²) in [6, 6.07) is 7.17. The molecule has 0 aliphatic rings. The minimum absolute atomic E-state index is 0.108. The van der Waals surface area contributed by atoms with Crippen LogP contribution in [0, 0.1) is 12.3 Å². The van der Waals surface area contributed by atoms with Crippen LogP contribution < -0.4 is 10.1 Å². The average molecular weight is 586 g/mol. The van der Waals surface area contributed by atoms with Crippen LogP contribution in [0.25, 0.3) is 0 Å². The van der Waals surface area contributed by atoms with E-state index in [0.29, 0.717) is 131 Å². The third-order valence-electron chi connectivity index (χ3n) is 4.83. The van der Waals surface area contributed by atoms with Gasteiger partial charge in [-0.1, -0.05) is 5.92 Å². The number of rotatable bonds is 30. The highest BCUT2D eigenvalue weighted by Crippen LogP contribution is 2.15. The van der Waals surface area contributed by atoms with E-state index in [1.54, 1.807) is 24.3 Å². The molecule has 1 aromatic carbocycles. The highest BCUT2D eigenvalue weighted by Gasteiger charge is 1.98. The number of benzene rings is 1. The summed E-state index contributed by atoms with van der Waals surface area (Å²) >= 11 is 0. The molecule has 0 saturated carbocycles. The monoisotopic (exact) mass is 585 g/mol. The van der Waals surface area contributed by atoms with Crippen molar-refractivity contribution in [2.75, 3.05) is 131 Å². The molecule has 12 nitrogen and oxygen atoms in total. The van der Waals surface area contributed by atoms with Gasteiger partial charge in [0, 0.05) is 12.6 Å². The second-order valence-electron chi connectivity index (χ2n) is 8.21. The first-order chi connectivity index (χ1) is 20.2. The Kier molecular flexibility index (Phi) is 26.1. The van der Waals surface area contributed by atoms with Gasteiger partial charge in [0.05, 0.1) is 112 Å². The smallest absolute Gasteiger partial charge is 0.221 e. The minimum Gasteiger partial charge on any atom is -0.491 e. The van der Waals surface area contributed by atoms with Gasteiger partial charge in [-0.2, -0.15) is 0 Å². The maximum atomic E-state index is 11.0. The number of ether oxygens (including phenoxy) is 10. The number of terminal acetylenes is 1. The van der Waals surface area contributed by atoms with Crippen molar-refractivity contribution in [2.45, 2.75) is 6.92 Å². The van der Waals surface area contributed by atoms with Crippen LogP contribution in [0.5, 0.6) is 5.75 Å². The van der Waals surface area contributed by atoms with E-state index < -0.39 is 0 Å². The largest absolute Gasteiger partial charge is 0.491 e. The molecule has 1 rings (SSSR count). The van der Waals surface area contributed by atoms with Crippen LogP contribution in [0.3, 0.4) is 0 Å². The highest BCUT2D eigenvalue weighted by atomic mass is 16.6. The van der Waals surface area contributed by atoms with E-state index >= 15 is 0 Å². The van der Waals surface area contributed by atoms with E-state index in [-0.39, 0.29) is 5.91 Å². The molecule has 0 radical (unpaired) electrons. The number of nitrogens with one attached hydrogen (secondary N) is 1. The molecule has 0 aromatic heterocycles. The first-order valence-electron chi connectivity index (χ1n) is 13.9. The van der Waals surface area contributed by atoms with Gasteiger partial charge in [0.25, 0.3) is 0 Å². The zero-order valence-electron chi connectivity index (χ0n) is 24.3. The Morgan fingerprint density at radius 3 is 1.20 bits per heavy atom. The van der Waals surface area contributed by atoms with Gasteiger partial charge in [-0.05, 0) is 24.3 Å². The molecule has 1 aromatic rings. The van der Waals surface area contributed by atoms with E-state index in [0.717, 1.165) is 5.69 Å². The molecule has 1 N–H and O–H groups in total. The number of carbonyl (C=O) groups excluding carboxylic acids is 1. The Morgan fingerprint density at radius 1 is 0.561 bits per heavy atom. The van der Waals surface area contributed by atoms with E-state index in [1.165, 1.54) is 6.92 Å². The SMILES string of the molecule is C#CCOCCOCCOCCOCCOCCOCCOCCOCCOCCOc1ccc(NC(C)=O)cc1. The summed E-state index contributed by atoms with van der Waals surface area (Å²) < 4.78 is 54.2. The summed E-state index contributed by atoms with van der Waals surface area (Å²) in [5, 5.41) is 2.71. The number of anilines is 1. The second-order valence-corrected chi connectivity index (χ2v) is 8.21. The van der Waals surface area contributed by atoms with Crippen molar-refractivity contribution in [3.63, 3.8) is 0 Å². The van der Waals surface area contributed by atoms with E-state index in [2.05, 4.69) is 11.2 Å². The zero-order valence-corrected chi connectivity index (χ0v) is 24.3. The minimum atomic E-state index is -0.108. The predicted octanol–water partition coefficient (Wildman–Crippen LogP) is 1.81. The number of hydrogen-bond acceptors (Lipinski definition) is 11. The summed E-state index contributed by atoms with van der Waals surface area (Å²) in [7, 11) is 0. The lowest BCUT2D eigenvalue weighted by atomic mass is 10.3. The Hall–Kier alpha value is -2.31. The molecule has 0 saturated heterocycles. The number of hydrogen-bond donors (Lipinski definition) is 1. The Labute approximate surface area is 244 Å². The molecule has 0 unspecified atom stereocenters. The maximum absolute atomic E-state index is 11.0. The van der Waals surface area contributed by atoms with Gasteiger partial charge in [0.2, 0.25) is 5.91 Å². The van der Waals surface area contributed by atoms with Gasteiger partial charge in [-0.3, -0.25) is 4.79 Å². The first-order valence-corrected chi connectivity index (χ1v) is 13.9. The van der Waals surface area contributed by atoms with Crippen LogP contribution in [0.15, 0.2) is 24.3 Å². The predicted molar refractivity (Wildman–Crippen MR) is 152 cm³/mol. The standard InChI is InChI=1S/C29H47NO11/c1-3-8-32-9-10-33-11-12-34-13-14-35-15-16-36-17-18-37-19-20-38-21-22-39-23-24-40-25-26-41-29-6-4-28(5-7-29)30-27(2)31/h1,4-7H,8-26H2,2H3,(H,30,31). The van der Waals surface area contributed by atoms with E-state index in [1.807, 2.05) is 0 Å². The molecule has 0 spiro atoms. The van der Waals surface area contributed by atoms with E-state index in [4.69, 9.17) is 53.8 Å². The molecule has 0 aliphatic carbocycles. The van der Waals surface area contributed by atoms with Crippen molar-refractivity contribution < 1.29 is 52.2 Å². The number of carbonyl (C=O) groups is 1. The topological polar surface area (TPSA) is 121 Å². The zero-order chi connectivity index (χ0) is 29.5. The fourth-order valence-electron chi connectivity index (χ4n) is 2.95. The van der Waals surface area contributed by atoms with Gasteiger partial charge in [-0.25, -0.2) is 0 Å². The van der Waals surface area contributed by atoms with E-state index in [9.17, 15) is 4.79 Å². The molecular formula is C29H47NO11. The lowest BCUT2D eigenvalue weighted by molar-refractivity contribution is -0.114. The summed E-state index contributed by atoms with van der Waals surface area (Å²) in [5.74, 6) is 3.00. The van der Waals surface area contributed by atoms with Gasteiger partial charge in [0.15, 0.2) is 0 Å². The molecule has 41 heavy (non-hydrogen) atoms. The van der Waals surface area contributed by atoms with Crippen LogP contribution in [-0.4, -0.2) is 131 Å². The lowest BCUT2D eigenvalue weighted by Crippen LogP contribution is -2.15.